The van der Waals surface area contributed by atoms with Crippen molar-refractivity contribution >= 4 is 23.3 Å². The molecule has 0 bridgehead atoms. The Bertz CT molecular complexity index is 882. The molecule has 4 heteroatoms. The molecule has 3 nitrogen and oxygen atoms in total. The lowest BCUT2D eigenvalue weighted by molar-refractivity contribution is 0.300. The predicted octanol–water partition coefficient (Wildman–Crippen LogP) is 5.30. The fourth-order valence-electron chi connectivity index (χ4n) is 4.26. The summed E-state index contributed by atoms with van der Waals surface area (Å²) in [6.07, 6.45) is 3.30. The normalized spacial score (nSPS) is 16.4. The number of hydrogen-bond donors (Lipinski definition) is 2. The summed E-state index contributed by atoms with van der Waals surface area (Å²) >= 11 is 0. The van der Waals surface area contributed by atoms with Crippen LogP contribution < -0.4 is 10.1 Å². The number of nitrogens with one attached hydrogen (secondary N) is 2. The van der Waals surface area contributed by atoms with E-state index in [0.29, 0.717) is 5.92 Å². The molecule has 2 N–H and O–H groups in total. The Morgan fingerprint density at radius 3 is 2.67 bits per heavy atom. The number of rotatable bonds is 5. The lowest BCUT2D eigenvalue weighted by Gasteiger charge is -2.16. The Morgan fingerprint density at radius 2 is 1.85 bits per heavy atom. The first kappa shape index (κ1) is 19.8. The molecule has 0 radical (unpaired) electrons. The largest absolute Gasteiger partial charge is 0.494 e. The summed E-state index contributed by atoms with van der Waals surface area (Å²) in [6.45, 7) is 7.12. The summed E-state index contributed by atoms with van der Waals surface area (Å²) in [5, 5.41) is 5.00. The van der Waals surface area contributed by atoms with E-state index in [9.17, 15) is 0 Å². The molecule has 2 aromatic carbocycles. The summed E-state index contributed by atoms with van der Waals surface area (Å²) in [5.41, 5.74) is 6.73. The van der Waals surface area contributed by atoms with Gasteiger partial charge < -0.3 is 15.0 Å². The highest BCUT2D eigenvalue weighted by molar-refractivity contribution is 5.85. The van der Waals surface area contributed by atoms with E-state index in [1.165, 1.54) is 33.3 Å². The molecule has 0 saturated heterocycles. The second-order valence-electron chi connectivity index (χ2n) is 7.53. The number of ether oxygens (including phenoxy) is 1. The molecular weight excluding hydrogens is 356 g/mol. The third-order valence-corrected chi connectivity index (χ3v) is 5.34. The SMILES string of the molecule is Cc1cc(C)cc(OCCCC2CNCCc3[nH]c4ccccc4c32)c1.Cl. The molecule has 1 unspecified atom stereocenters. The van der Waals surface area contributed by atoms with Gasteiger partial charge in [0.05, 0.1) is 6.61 Å². The Labute approximate surface area is 167 Å². The number of fused-ring (bicyclic) bond motifs is 3. The first-order chi connectivity index (χ1) is 12.7. The Hall–Kier alpha value is -1.97. The van der Waals surface area contributed by atoms with E-state index >= 15 is 0 Å². The highest BCUT2D eigenvalue weighted by Crippen LogP contribution is 2.33. The van der Waals surface area contributed by atoms with Gasteiger partial charge in [0.15, 0.2) is 0 Å². The molecule has 0 spiro atoms. The van der Waals surface area contributed by atoms with Gasteiger partial charge in [0.25, 0.3) is 0 Å². The van der Waals surface area contributed by atoms with Crippen molar-refractivity contribution in [3.05, 3.63) is 64.8 Å². The minimum atomic E-state index is 0. The van der Waals surface area contributed by atoms with Crippen LogP contribution in [0.1, 0.15) is 41.1 Å². The molecule has 1 aliphatic rings. The van der Waals surface area contributed by atoms with Crippen LogP contribution in [0, 0.1) is 13.8 Å². The topological polar surface area (TPSA) is 37.0 Å². The molecule has 3 aromatic rings. The van der Waals surface area contributed by atoms with Crippen molar-refractivity contribution < 1.29 is 4.74 Å². The first-order valence-corrected chi connectivity index (χ1v) is 9.72. The number of aromatic amines is 1. The third-order valence-electron chi connectivity index (χ3n) is 5.34. The molecule has 1 atom stereocenters. The molecule has 0 fully saturated rings. The fraction of sp³-hybridized carbons (Fsp3) is 0.391. The van der Waals surface area contributed by atoms with Crippen molar-refractivity contribution in [2.24, 2.45) is 0 Å². The monoisotopic (exact) mass is 384 g/mol. The molecule has 4 rings (SSSR count). The zero-order chi connectivity index (χ0) is 17.9. The van der Waals surface area contributed by atoms with Crippen LogP contribution in [0.5, 0.6) is 5.75 Å². The zero-order valence-corrected chi connectivity index (χ0v) is 17.0. The van der Waals surface area contributed by atoms with Crippen LogP contribution in [0.3, 0.4) is 0 Å². The predicted molar refractivity (Wildman–Crippen MR) is 116 cm³/mol. The van der Waals surface area contributed by atoms with Gasteiger partial charge in [-0.2, -0.15) is 0 Å². The molecule has 1 aliphatic heterocycles. The maximum Gasteiger partial charge on any atom is 0.119 e. The van der Waals surface area contributed by atoms with Crippen LogP contribution in [0.25, 0.3) is 10.9 Å². The van der Waals surface area contributed by atoms with E-state index in [1.54, 1.807) is 0 Å². The minimum Gasteiger partial charge on any atom is -0.494 e. The summed E-state index contributed by atoms with van der Waals surface area (Å²) in [6, 6.07) is 15.1. The lowest BCUT2D eigenvalue weighted by atomic mass is 9.92. The van der Waals surface area contributed by atoms with Crippen LogP contribution in [0.2, 0.25) is 0 Å². The second kappa shape index (κ2) is 8.81. The summed E-state index contributed by atoms with van der Waals surface area (Å²) in [4.78, 5) is 3.64. The average Bonchev–Trinajstić information content (AvgIpc) is 2.86. The van der Waals surface area contributed by atoms with E-state index in [2.05, 4.69) is 66.6 Å². The Balaban J connectivity index is 0.00000210. The number of benzene rings is 2. The fourth-order valence-corrected chi connectivity index (χ4v) is 4.26. The van der Waals surface area contributed by atoms with Crippen LogP contribution in [-0.2, 0) is 6.42 Å². The van der Waals surface area contributed by atoms with Crippen molar-refractivity contribution in [3.8, 4) is 5.75 Å². The molecule has 144 valence electrons. The van der Waals surface area contributed by atoms with Gasteiger partial charge in [0.1, 0.15) is 5.75 Å². The minimum absolute atomic E-state index is 0. The number of halogens is 1. The van der Waals surface area contributed by atoms with Gasteiger partial charge in [-0.3, -0.25) is 0 Å². The van der Waals surface area contributed by atoms with E-state index in [-0.39, 0.29) is 12.4 Å². The maximum absolute atomic E-state index is 6.02. The van der Waals surface area contributed by atoms with E-state index in [4.69, 9.17) is 4.74 Å². The van der Waals surface area contributed by atoms with Crippen molar-refractivity contribution in [2.75, 3.05) is 19.7 Å². The zero-order valence-electron chi connectivity index (χ0n) is 16.2. The smallest absolute Gasteiger partial charge is 0.119 e. The van der Waals surface area contributed by atoms with E-state index < -0.39 is 0 Å². The third kappa shape index (κ3) is 4.48. The standard InChI is InChI=1S/C23H28N2O.ClH/c1-16-12-17(2)14-19(13-16)26-11-5-6-18-15-24-10-9-22-23(18)20-7-3-4-8-21(20)25-22;/h3-4,7-8,12-14,18,24-25H,5-6,9-11,15H2,1-2H3;1H. The number of hydrogen-bond acceptors (Lipinski definition) is 2. The van der Waals surface area contributed by atoms with Crippen LogP contribution in [0.15, 0.2) is 42.5 Å². The van der Waals surface area contributed by atoms with Gasteiger partial charge in [-0.1, -0.05) is 24.3 Å². The molecular formula is C23H29ClN2O. The Morgan fingerprint density at radius 1 is 1.07 bits per heavy atom. The molecule has 27 heavy (non-hydrogen) atoms. The summed E-state index contributed by atoms with van der Waals surface area (Å²) < 4.78 is 6.02. The van der Waals surface area contributed by atoms with Gasteiger partial charge in [0.2, 0.25) is 0 Å². The van der Waals surface area contributed by atoms with Gasteiger partial charge >= 0.3 is 0 Å². The molecule has 0 saturated carbocycles. The van der Waals surface area contributed by atoms with Crippen LogP contribution in [-0.4, -0.2) is 24.7 Å². The highest BCUT2D eigenvalue weighted by Gasteiger charge is 2.22. The quantitative estimate of drug-likeness (QED) is 0.586. The van der Waals surface area contributed by atoms with Crippen molar-refractivity contribution in [2.45, 2.75) is 39.0 Å². The highest BCUT2D eigenvalue weighted by atomic mass is 35.5. The van der Waals surface area contributed by atoms with Crippen LogP contribution >= 0.6 is 12.4 Å². The van der Waals surface area contributed by atoms with Gasteiger partial charge in [-0.05, 0) is 67.5 Å². The van der Waals surface area contributed by atoms with Gasteiger partial charge in [-0.25, -0.2) is 0 Å². The number of para-hydroxylation sites is 1. The number of H-pyrrole nitrogens is 1. The maximum atomic E-state index is 6.02. The summed E-state index contributed by atoms with van der Waals surface area (Å²) in [7, 11) is 0. The van der Waals surface area contributed by atoms with Crippen LogP contribution in [0.4, 0.5) is 0 Å². The molecule has 2 heterocycles. The van der Waals surface area contributed by atoms with Gasteiger partial charge in [0, 0.05) is 36.1 Å². The lowest BCUT2D eigenvalue weighted by Crippen LogP contribution is -2.20. The van der Waals surface area contributed by atoms with Crippen molar-refractivity contribution in [1.82, 2.24) is 10.3 Å². The van der Waals surface area contributed by atoms with Gasteiger partial charge in [-0.15, -0.1) is 12.4 Å². The number of aryl methyl sites for hydroxylation is 2. The summed E-state index contributed by atoms with van der Waals surface area (Å²) in [5.74, 6) is 1.54. The Kier molecular flexibility index (Phi) is 6.46. The van der Waals surface area contributed by atoms with E-state index in [1.807, 2.05) is 0 Å². The van der Waals surface area contributed by atoms with E-state index in [0.717, 1.165) is 44.7 Å². The van der Waals surface area contributed by atoms with Crippen molar-refractivity contribution in [1.29, 1.82) is 0 Å². The van der Waals surface area contributed by atoms with Crippen molar-refractivity contribution in [3.63, 3.8) is 0 Å². The number of aromatic nitrogens is 1. The second-order valence-corrected chi connectivity index (χ2v) is 7.53. The molecule has 0 amide bonds. The molecule has 1 aromatic heterocycles. The first-order valence-electron chi connectivity index (χ1n) is 9.72. The molecule has 0 aliphatic carbocycles. The average molecular weight is 385 g/mol.